The zero-order valence-electron chi connectivity index (χ0n) is 40.5. The third-order valence-electron chi connectivity index (χ3n) is 10.4. The number of carbonyl (C=O) groups excluding carboxylic acids is 3. The molecule has 0 aliphatic carbocycles. The van der Waals surface area contributed by atoms with Crippen molar-refractivity contribution in [1.82, 2.24) is 0 Å². The number of ether oxygens (including phenoxy) is 3. The molecule has 0 aliphatic rings. The molecule has 0 aliphatic heterocycles. The fraction of sp³-hybridized carbons (Fsp3) is 0.632. The molecule has 0 amide bonds. The molecular weight excluding hydrogens is 781 g/mol. The van der Waals surface area contributed by atoms with Crippen molar-refractivity contribution in [3.05, 3.63) is 109 Å². The Bertz CT molecular complexity index is 1330. The molecule has 0 aromatic carbocycles. The predicted octanol–water partition coefficient (Wildman–Crippen LogP) is 16.8. The maximum Gasteiger partial charge on any atom is 0.306 e. The van der Waals surface area contributed by atoms with E-state index in [1.807, 2.05) is 54.7 Å². The molecule has 1 atom stereocenters. The van der Waals surface area contributed by atoms with Gasteiger partial charge in [-0.15, -0.1) is 0 Å². The van der Waals surface area contributed by atoms with E-state index >= 15 is 0 Å². The van der Waals surface area contributed by atoms with Gasteiger partial charge in [-0.25, -0.2) is 0 Å². The van der Waals surface area contributed by atoms with Crippen molar-refractivity contribution in [2.24, 2.45) is 0 Å². The molecule has 0 fully saturated rings. The molecule has 1 unspecified atom stereocenters. The summed E-state index contributed by atoms with van der Waals surface area (Å²) in [6, 6.07) is 0. The summed E-state index contributed by atoms with van der Waals surface area (Å²) in [5.74, 6) is -1.06. The molecule has 0 N–H and O–H groups in total. The van der Waals surface area contributed by atoms with Crippen LogP contribution in [0.5, 0.6) is 0 Å². The van der Waals surface area contributed by atoms with Gasteiger partial charge in [0.1, 0.15) is 13.2 Å². The van der Waals surface area contributed by atoms with Crippen molar-refractivity contribution in [2.75, 3.05) is 13.2 Å². The lowest BCUT2D eigenvalue weighted by Crippen LogP contribution is -2.30. The summed E-state index contributed by atoms with van der Waals surface area (Å²) in [7, 11) is 0. The van der Waals surface area contributed by atoms with Crippen LogP contribution in [-0.2, 0) is 28.6 Å². The van der Waals surface area contributed by atoms with E-state index in [2.05, 4.69) is 75.5 Å². The lowest BCUT2D eigenvalue weighted by atomic mass is 10.1. The number of hydrogen-bond acceptors (Lipinski definition) is 6. The van der Waals surface area contributed by atoms with Crippen LogP contribution in [0, 0.1) is 0 Å². The summed E-state index contributed by atoms with van der Waals surface area (Å²) < 4.78 is 16.7. The Morgan fingerprint density at radius 3 is 1.05 bits per heavy atom. The molecule has 0 aromatic rings. The number of unbranched alkanes of at least 4 members (excludes halogenated alkanes) is 21. The number of rotatable bonds is 44. The monoisotopic (exact) mass is 873 g/mol. The van der Waals surface area contributed by atoms with Gasteiger partial charge in [0, 0.05) is 19.3 Å². The average Bonchev–Trinajstić information content (AvgIpc) is 3.28. The molecule has 0 bridgehead atoms. The van der Waals surface area contributed by atoms with E-state index in [0.29, 0.717) is 19.3 Å². The van der Waals surface area contributed by atoms with Gasteiger partial charge in [0.2, 0.25) is 0 Å². The van der Waals surface area contributed by atoms with E-state index in [4.69, 9.17) is 14.2 Å². The summed E-state index contributed by atoms with van der Waals surface area (Å²) >= 11 is 0. The lowest BCUT2D eigenvalue weighted by Gasteiger charge is -2.18. The van der Waals surface area contributed by atoms with Crippen molar-refractivity contribution in [3.8, 4) is 0 Å². The first-order valence-corrected chi connectivity index (χ1v) is 25.5. The Hall–Kier alpha value is -3.93. The molecule has 0 aromatic heterocycles. The molecule has 6 heteroatoms. The molecule has 356 valence electrons. The van der Waals surface area contributed by atoms with Crippen molar-refractivity contribution in [3.63, 3.8) is 0 Å². The van der Waals surface area contributed by atoms with E-state index in [0.717, 1.165) is 70.6 Å². The maximum atomic E-state index is 12.8. The van der Waals surface area contributed by atoms with Gasteiger partial charge in [0.25, 0.3) is 0 Å². The minimum absolute atomic E-state index is 0.127. The Morgan fingerprint density at radius 1 is 0.333 bits per heavy atom. The highest BCUT2D eigenvalue weighted by atomic mass is 16.6. The first-order chi connectivity index (χ1) is 31.0. The second-order valence-electron chi connectivity index (χ2n) is 16.5. The van der Waals surface area contributed by atoms with Crippen molar-refractivity contribution >= 4 is 17.9 Å². The summed E-state index contributed by atoms with van der Waals surface area (Å²) in [5, 5.41) is 0. The fourth-order valence-electron chi connectivity index (χ4n) is 6.57. The van der Waals surface area contributed by atoms with Gasteiger partial charge in [-0.3, -0.25) is 14.4 Å². The first kappa shape index (κ1) is 59.1. The Morgan fingerprint density at radius 2 is 0.635 bits per heavy atom. The zero-order chi connectivity index (χ0) is 45.8. The van der Waals surface area contributed by atoms with Gasteiger partial charge in [-0.05, 0) is 83.5 Å². The zero-order valence-corrected chi connectivity index (χ0v) is 40.5. The van der Waals surface area contributed by atoms with Crippen molar-refractivity contribution in [1.29, 1.82) is 0 Å². The Labute approximate surface area is 387 Å². The van der Waals surface area contributed by atoms with Crippen LogP contribution in [0.25, 0.3) is 0 Å². The minimum atomic E-state index is -0.833. The average molecular weight is 873 g/mol. The van der Waals surface area contributed by atoms with Crippen LogP contribution < -0.4 is 0 Å². The van der Waals surface area contributed by atoms with Gasteiger partial charge in [-0.2, -0.15) is 0 Å². The van der Waals surface area contributed by atoms with E-state index in [9.17, 15) is 14.4 Å². The van der Waals surface area contributed by atoms with Crippen molar-refractivity contribution in [2.45, 2.75) is 219 Å². The van der Waals surface area contributed by atoms with Crippen molar-refractivity contribution < 1.29 is 28.6 Å². The first-order valence-electron chi connectivity index (χ1n) is 25.5. The molecule has 0 spiro atoms. The van der Waals surface area contributed by atoms with Crippen LogP contribution in [0.3, 0.4) is 0 Å². The highest BCUT2D eigenvalue weighted by molar-refractivity contribution is 5.71. The fourth-order valence-corrected chi connectivity index (χ4v) is 6.57. The normalized spacial score (nSPS) is 13.0. The van der Waals surface area contributed by atoms with Gasteiger partial charge in [0.15, 0.2) is 6.10 Å². The summed E-state index contributed by atoms with van der Waals surface area (Å²) in [5.41, 5.74) is 0. The third-order valence-corrected chi connectivity index (χ3v) is 10.4. The van der Waals surface area contributed by atoms with E-state index < -0.39 is 6.10 Å². The second kappa shape index (κ2) is 50.7. The molecular formula is C57H92O6. The molecule has 0 saturated heterocycles. The molecule has 6 nitrogen and oxygen atoms in total. The molecule has 0 saturated carbocycles. The maximum absolute atomic E-state index is 12.8. The third kappa shape index (κ3) is 49.0. The summed E-state index contributed by atoms with van der Waals surface area (Å²) in [6.07, 6.45) is 68.0. The van der Waals surface area contributed by atoms with Crippen LogP contribution in [0.4, 0.5) is 0 Å². The highest BCUT2D eigenvalue weighted by Gasteiger charge is 2.19. The molecule has 0 rings (SSSR count). The van der Waals surface area contributed by atoms with Gasteiger partial charge in [-0.1, -0.05) is 220 Å². The van der Waals surface area contributed by atoms with E-state index in [-0.39, 0.29) is 44.0 Å². The molecule has 0 radical (unpaired) electrons. The van der Waals surface area contributed by atoms with Crippen LogP contribution in [0.15, 0.2) is 109 Å². The quantitative estimate of drug-likeness (QED) is 0.0263. The number of hydrogen-bond donors (Lipinski definition) is 0. The minimum Gasteiger partial charge on any atom is -0.462 e. The van der Waals surface area contributed by atoms with Crippen LogP contribution >= 0.6 is 0 Å². The Kier molecular flexibility index (Phi) is 47.5. The SMILES string of the molecule is CC\C=C/C=C\C=C/C=C\C=C/CCCC(=O)OCC(COC(=O)CCCCC/C=C\C=C/CCCCCCCCC)OC(=O)CCCCC/C=C\C=C/CCCCCCCCC. The van der Waals surface area contributed by atoms with Crippen LogP contribution in [0.2, 0.25) is 0 Å². The number of esters is 3. The molecule has 0 heterocycles. The van der Waals surface area contributed by atoms with Crippen LogP contribution in [0.1, 0.15) is 213 Å². The topological polar surface area (TPSA) is 78.9 Å². The summed E-state index contributed by atoms with van der Waals surface area (Å²) in [4.78, 5) is 37.9. The Balaban J connectivity index is 4.58. The van der Waals surface area contributed by atoms with Gasteiger partial charge >= 0.3 is 17.9 Å². The highest BCUT2D eigenvalue weighted by Crippen LogP contribution is 2.12. The van der Waals surface area contributed by atoms with Crippen LogP contribution in [-0.4, -0.2) is 37.2 Å². The van der Waals surface area contributed by atoms with E-state index in [1.54, 1.807) is 0 Å². The van der Waals surface area contributed by atoms with Gasteiger partial charge < -0.3 is 14.2 Å². The molecule has 63 heavy (non-hydrogen) atoms. The number of carbonyl (C=O) groups is 3. The summed E-state index contributed by atoms with van der Waals surface area (Å²) in [6.45, 7) is 6.36. The number of allylic oxidation sites excluding steroid dienone is 18. The second-order valence-corrected chi connectivity index (χ2v) is 16.5. The van der Waals surface area contributed by atoms with Gasteiger partial charge in [0.05, 0.1) is 0 Å². The largest absolute Gasteiger partial charge is 0.462 e. The smallest absolute Gasteiger partial charge is 0.306 e. The van der Waals surface area contributed by atoms with E-state index in [1.165, 1.54) is 89.9 Å². The lowest BCUT2D eigenvalue weighted by molar-refractivity contribution is -0.167. The predicted molar refractivity (Wildman–Crippen MR) is 270 cm³/mol. The standard InChI is InChI=1S/C57H92O6/c1-4-7-10-13-16-19-22-25-27-29-32-35-38-41-44-47-50-56(59)62-53-54(52-61-55(58)49-46-43-40-37-34-31-24-21-18-15-12-9-6-3)63-57(60)51-48-45-42-39-36-33-30-28-26-23-20-17-14-11-8-5-2/h9,12,15,18,21,24,27-37,40,54H,4-8,10-11,13-14,16-17,19-20,22-23,25-26,38-39,41-53H2,1-3H3/b12-9-,18-15-,24-21-,29-27-,30-28-,34-31-,35-32-,36-33-,40-37-.